The van der Waals surface area contributed by atoms with E-state index in [1.54, 1.807) is 108 Å². The molecular weight excluding hydrogens is 1950 g/mol. The first-order valence-corrected chi connectivity index (χ1v) is 56.5. The van der Waals surface area contributed by atoms with Crippen LogP contribution in [0.4, 0.5) is 0 Å². The summed E-state index contributed by atoms with van der Waals surface area (Å²) in [6, 6.07) is 43.2. The lowest BCUT2D eigenvalue weighted by molar-refractivity contribution is 0.0531. The average molecular weight is 2090 g/mol. The normalized spacial score (nSPS) is 15.0. The van der Waals surface area contributed by atoms with Crippen LogP contribution in [0.5, 0.6) is 0 Å². The van der Waals surface area contributed by atoms with Gasteiger partial charge < -0.3 is 38.8 Å². The quantitative estimate of drug-likeness (QED) is 0.101. The van der Waals surface area contributed by atoms with E-state index in [1.807, 2.05) is 162 Å². The number of thiophene rings is 3. The minimum Gasteiger partial charge on any atom is -0.462 e. The van der Waals surface area contributed by atoms with E-state index in [-0.39, 0.29) is 17.8 Å². The van der Waals surface area contributed by atoms with Gasteiger partial charge in [0, 0.05) is 143 Å². The zero-order valence-electron chi connectivity index (χ0n) is 83.0. The van der Waals surface area contributed by atoms with Gasteiger partial charge in [-0.1, -0.05) is 64.3 Å². The van der Waals surface area contributed by atoms with Crippen molar-refractivity contribution in [3.8, 4) is 0 Å². The summed E-state index contributed by atoms with van der Waals surface area (Å²) < 4.78 is 146. The molecule has 43 heteroatoms. The largest absolute Gasteiger partial charge is 0.462 e. The van der Waals surface area contributed by atoms with Crippen LogP contribution in [0.1, 0.15) is 131 Å². The van der Waals surface area contributed by atoms with Crippen molar-refractivity contribution in [2.75, 3.05) is 144 Å². The van der Waals surface area contributed by atoms with Crippen molar-refractivity contribution < 1.29 is 75.2 Å². The van der Waals surface area contributed by atoms with Crippen LogP contribution in [-0.2, 0) is 71.2 Å². The third-order valence-electron chi connectivity index (χ3n) is 21.0. The fourth-order valence-corrected chi connectivity index (χ4v) is 20.3. The van der Waals surface area contributed by atoms with Gasteiger partial charge in [-0.15, -0.1) is 45.3 Å². The molecule has 139 heavy (non-hydrogen) atoms. The number of hydrogen-bond acceptors (Lipinski definition) is 29. The Morgan fingerprint density at radius 2 is 0.957 bits per heavy atom. The number of aryl methyl sites for hydroxylation is 15. The molecule has 9 aromatic heterocycles. The fraction of sp³-hybridized carbons (Fsp3) is 0.427. The topological polar surface area (TPSA) is 400 Å². The number of rotatable bonds is 13. The van der Waals surface area contributed by atoms with E-state index in [0.717, 1.165) is 134 Å². The molecule has 18 rings (SSSR count). The van der Waals surface area contributed by atoms with E-state index in [1.165, 1.54) is 95.2 Å². The Hall–Kier alpha value is -10.2. The molecule has 2 N–H and O–H groups in total. The first-order valence-electron chi connectivity index (χ1n) is 44.7. The summed E-state index contributed by atoms with van der Waals surface area (Å²) in [6.07, 6.45) is 15.5. The van der Waals surface area contributed by atoms with E-state index in [9.17, 15) is 56.5 Å². The molecule has 0 aliphatic carbocycles. The summed E-state index contributed by atoms with van der Waals surface area (Å²) in [7, 11) is -10.5. The lowest BCUT2D eigenvalue weighted by Gasteiger charge is -2.32. The number of likely N-dealkylation sites (N-methyl/N-ethyl adjacent to an activating group) is 1. The van der Waals surface area contributed by atoms with E-state index in [0.29, 0.717) is 90.7 Å². The van der Waals surface area contributed by atoms with Gasteiger partial charge >= 0.3 is 5.97 Å². The molecule has 0 bridgehead atoms. The van der Waals surface area contributed by atoms with E-state index in [4.69, 9.17) is 18.7 Å². The lowest BCUT2D eigenvalue weighted by atomic mass is 10.2. The van der Waals surface area contributed by atoms with Gasteiger partial charge in [0.25, 0.3) is 21.8 Å². The van der Waals surface area contributed by atoms with Crippen LogP contribution in [0.2, 0.25) is 0 Å². The maximum atomic E-state index is 12.2. The summed E-state index contributed by atoms with van der Waals surface area (Å²) in [6.45, 7) is 40.8. The van der Waals surface area contributed by atoms with Crippen molar-refractivity contribution in [1.29, 1.82) is 0 Å². The molecule has 2 amide bonds. The van der Waals surface area contributed by atoms with E-state index >= 15 is 0 Å². The predicted molar refractivity (Wildman–Crippen MR) is 552 cm³/mol. The van der Waals surface area contributed by atoms with Crippen LogP contribution in [-0.4, -0.2) is 276 Å². The summed E-state index contributed by atoms with van der Waals surface area (Å²) >= 11 is 6.21. The number of benzene rings is 4. The first-order chi connectivity index (χ1) is 65.5. The molecule has 0 radical (unpaired) electrons. The molecule has 5 fully saturated rings. The van der Waals surface area contributed by atoms with Gasteiger partial charge in [0.1, 0.15) is 10.6 Å². The summed E-state index contributed by atoms with van der Waals surface area (Å²) in [5.41, 5.74) is 14.0. The predicted octanol–water partition coefficient (Wildman–Crippen LogP) is 14.2. The van der Waals surface area contributed by atoms with Crippen molar-refractivity contribution in [3.63, 3.8) is 0 Å². The maximum absolute atomic E-state index is 12.2. The minimum absolute atomic E-state index is 0.00116. The molecule has 1 atom stereocenters. The average Bonchev–Trinajstić information content (AvgIpc) is 1.66. The van der Waals surface area contributed by atoms with Gasteiger partial charge in [0.05, 0.1) is 121 Å². The van der Waals surface area contributed by atoms with Crippen molar-refractivity contribution in [1.82, 2.24) is 82.0 Å². The van der Waals surface area contributed by atoms with Crippen LogP contribution in [0.3, 0.4) is 0 Å². The van der Waals surface area contributed by atoms with Gasteiger partial charge in [0.2, 0.25) is 30.1 Å². The molecule has 0 saturated carbocycles. The summed E-state index contributed by atoms with van der Waals surface area (Å²) in [5.74, 6) is 0.852. The number of nitrogens with one attached hydrogen (secondary N) is 2. The zero-order valence-corrected chi connectivity index (χ0v) is 90.4. The number of carbonyl (C=O) groups excluding carboxylic acids is 3. The number of sulfonamides is 3. The summed E-state index contributed by atoms with van der Waals surface area (Å²) in [5, 5.41) is 23.0. The molecule has 4 aromatic carbocycles. The van der Waals surface area contributed by atoms with Crippen LogP contribution in [0, 0.1) is 96.9 Å². The standard InChI is InChI=1S/C11H16N2O3S2.C11H16N2OS.C11H15NO3S.C8H12N2O.C8H11NO2S.C8H7NS.2C8H10O2S.C7H11N3.C6H10N2.C5H8N2O2S.C5H7NO/c1-9-3-4-10(17-9)11(14)12-5-7-13(8-6-12)18(2,15)16;1-9-3-4-10(15-9)11(14)13-7-5-12(2)6-8-13;1-10-2-4-11(5-3-10)16(13,14)12-6-8-15-9-7-12;1-7-4-9-10(5-7)8-2-3-11-6-8;1-7-3-5-8(6-4-7)12(10,11)9-2;1-6-2-3-7-8(4-6)10-5-9-7;1-7-3-5-8(6-4-7)11(2,9)10;1-3-10-8(9)7-5-4-6(2)11-7;1-6-2-9-10(5-6)7-3-8-4-7;1-5-4-6(2)8(3)7-5;1-5-3-6-7(4-5)10(2,8)9;1-4-3-5(2)7-6-4/h3-4H,5-8H2,1-2H3;3-4H,5-8H2,1-2H3;2-5H,6-9H2,1H3;4-5,8H,2-3,6H2,1H3;3-6,9H,1-2H3;2-5H,1H3;3-6H,1-2H3;4-5H,3H2,1-2H3;2,5,7-8H,3-4H2,1H3;4H,1-3H3;3-4H,1-2H3;3H,1-2H3. The fourth-order valence-electron chi connectivity index (χ4n) is 12.9. The van der Waals surface area contributed by atoms with Crippen molar-refractivity contribution in [2.45, 2.75) is 137 Å². The highest BCUT2D eigenvalue weighted by Gasteiger charge is 2.29. The highest BCUT2D eigenvalue weighted by Crippen LogP contribution is 2.25. The molecule has 5 aliphatic heterocycles. The van der Waals surface area contributed by atoms with Gasteiger partial charge in [0.15, 0.2) is 9.84 Å². The van der Waals surface area contributed by atoms with Crippen LogP contribution < -0.4 is 10.0 Å². The Labute approximate surface area is 835 Å². The second-order valence-electron chi connectivity index (χ2n) is 33.4. The first kappa shape index (κ1) is 116. The number of nitrogens with zero attached hydrogens (tertiary/aromatic N) is 15. The number of carbonyl (C=O) groups is 3. The smallest absolute Gasteiger partial charge is 0.348 e. The summed E-state index contributed by atoms with van der Waals surface area (Å²) in [4.78, 5) is 52.1. The van der Waals surface area contributed by atoms with Crippen LogP contribution >= 0.6 is 45.3 Å². The van der Waals surface area contributed by atoms with Gasteiger partial charge in [-0.25, -0.2) is 56.6 Å². The third kappa shape index (κ3) is 40.0. The molecule has 34 nitrogen and oxygen atoms in total. The van der Waals surface area contributed by atoms with Crippen LogP contribution in [0.15, 0.2) is 201 Å². The number of morpholine rings is 1. The van der Waals surface area contributed by atoms with E-state index < -0.39 is 49.9 Å². The molecule has 758 valence electrons. The SMILES string of the molecule is CCOC(=O)c1ccc(C)s1.CNS(=O)(=O)c1ccc(C)cc1.Cc1cc(C)n(C)n1.Cc1cc(C)on1.Cc1ccc(C(=O)N2CCN(C)CC2)s1.Cc1ccc(C(=O)N2CCN(S(C)(=O)=O)CC2)s1.Cc1ccc(S(=O)(=O)N2CCOCC2)cc1.Cc1ccc(S(C)(=O)=O)cc1.Cc1ccc2ncsc2c1.Cc1cnn(C2CCOC2)c1.Cc1cnn(C2CNC2)c1.Cc1cnn(S(C)(=O)=O)c1. The highest BCUT2D eigenvalue weighted by molar-refractivity contribution is 7.91. The number of hydrogen-bond donors (Lipinski definition) is 2. The maximum Gasteiger partial charge on any atom is 0.348 e. The van der Waals surface area contributed by atoms with Crippen molar-refractivity contribution in [2.24, 2.45) is 7.05 Å². The molecular formula is C96H133N17O17S9. The minimum atomic E-state index is -3.33. The van der Waals surface area contributed by atoms with Crippen molar-refractivity contribution >= 4 is 123 Å². The number of sulfone groups is 1. The molecule has 14 heterocycles. The Morgan fingerprint density at radius 3 is 1.32 bits per heavy atom. The number of amides is 2. The Bertz CT molecular complexity index is 6530. The third-order valence-corrected chi connectivity index (χ3v) is 31.4. The van der Waals surface area contributed by atoms with Crippen molar-refractivity contribution in [3.05, 3.63) is 273 Å². The number of thiazole rings is 1. The number of ether oxygens (including phenoxy) is 3. The van der Waals surface area contributed by atoms with E-state index in [2.05, 4.69) is 110 Å². The molecule has 5 aliphatic rings. The molecule has 1 unspecified atom stereocenters. The lowest BCUT2D eigenvalue weighted by Crippen LogP contribution is -2.50. The Morgan fingerprint density at radius 1 is 0.482 bits per heavy atom. The highest BCUT2D eigenvalue weighted by atomic mass is 32.2. The molecule has 5 saturated heterocycles. The van der Waals surface area contributed by atoms with Crippen LogP contribution in [0.25, 0.3) is 10.2 Å². The number of aromatic nitrogens is 10. The van der Waals surface area contributed by atoms with Gasteiger partial charge in [-0.05, 0) is 238 Å². The Balaban J connectivity index is 0.000000208. The zero-order chi connectivity index (χ0) is 103. The monoisotopic (exact) mass is 2080 g/mol. The molecule has 0 spiro atoms. The second kappa shape index (κ2) is 55.9. The van der Waals surface area contributed by atoms with Gasteiger partial charge in [-0.3, -0.25) is 23.6 Å². The number of fused-ring (bicyclic) bond motifs is 1. The number of piperazine rings is 2. The Kier molecular flexibility index (Phi) is 46.5. The number of esters is 1. The van der Waals surface area contributed by atoms with Gasteiger partial charge in [-0.2, -0.15) is 33.1 Å². The second-order valence-corrected chi connectivity index (χ2v) is 47.8. The molecule has 13 aromatic rings.